The highest BCUT2D eigenvalue weighted by atomic mass is 19.2. The Balaban J connectivity index is 1.49. The van der Waals surface area contributed by atoms with Crippen molar-refractivity contribution in [3.05, 3.63) is 34.4 Å². The number of aryl methyl sites for hydroxylation is 2. The quantitative estimate of drug-likeness (QED) is 0.542. The van der Waals surface area contributed by atoms with E-state index in [1.54, 1.807) is 13.0 Å². The van der Waals surface area contributed by atoms with E-state index in [1.807, 2.05) is 6.92 Å². The molecule has 2 aliphatic carbocycles. The van der Waals surface area contributed by atoms with Crippen LogP contribution in [-0.4, -0.2) is 0 Å². The first-order valence-corrected chi connectivity index (χ1v) is 10.4. The number of benzene rings is 1. The molecule has 3 rings (SSSR count). The van der Waals surface area contributed by atoms with Crippen LogP contribution < -0.4 is 0 Å². The van der Waals surface area contributed by atoms with Gasteiger partial charge in [0.25, 0.3) is 0 Å². The molecule has 0 heterocycles. The average molecular weight is 349 g/mol. The van der Waals surface area contributed by atoms with Crippen molar-refractivity contribution >= 4 is 0 Å². The summed E-state index contributed by atoms with van der Waals surface area (Å²) in [5.74, 6) is 2.25. The average Bonchev–Trinajstić information content (AvgIpc) is 2.61. The molecule has 0 aliphatic heterocycles. The van der Waals surface area contributed by atoms with Crippen LogP contribution in [0, 0.1) is 49.2 Å². The third-order valence-corrected chi connectivity index (χ3v) is 7.13. The molecule has 2 aliphatic rings. The van der Waals surface area contributed by atoms with Crippen molar-refractivity contribution in [1.29, 1.82) is 0 Å². The lowest BCUT2D eigenvalue weighted by Crippen LogP contribution is -2.25. The van der Waals surface area contributed by atoms with E-state index < -0.39 is 11.6 Å². The summed E-state index contributed by atoms with van der Waals surface area (Å²) in [5, 5.41) is 0. The molecular weight excluding hydrogens is 314 g/mol. The van der Waals surface area contributed by atoms with Crippen molar-refractivity contribution in [1.82, 2.24) is 0 Å². The summed E-state index contributed by atoms with van der Waals surface area (Å²) in [6, 6.07) is 1.79. The summed E-state index contributed by atoms with van der Waals surface area (Å²) in [7, 11) is 0. The third kappa shape index (κ3) is 4.44. The highest BCUT2D eigenvalue weighted by molar-refractivity contribution is 5.33. The van der Waals surface area contributed by atoms with E-state index in [2.05, 4.69) is 6.92 Å². The van der Waals surface area contributed by atoms with Crippen LogP contribution in [0.4, 0.5) is 8.78 Å². The minimum atomic E-state index is -0.657. The van der Waals surface area contributed by atoms with Crippen LogP contribution in [0.1, 0.15) is 81.4 Å². The maximum atomic E-state index is 14.2. The molecular formula is C23H34F2. The van der Waals surface area contributed by atoms with E-state index in [0.29, 0.717) is 23.5 Å². The summed E-state index contributed by atoms with van der Waals surface area (Å²) in [5.41, 5.74) is 1.92. The second-order valence-corrected chi connectivity index (χ2v) is 8.96. The minimum Gasteiger partial charge on any atom is -0.203 e. The number of hydrogen-bond donors (Lipinski definition) is 0. The Hall–Kier alpha value is -0.920. The van der Waals surface area contributed by atoms with E-state index >= 15 is 0 Å². The highest BCUT2D eigenvalue weighted by Gasteiger charge is 2.30. The molecule has 25 heavy (non-hydrogen) atoms. The molecule has 0 bridgehead atoms. The molecule has 1 aromatic carbocycles. The molecule has 0 N–H and O–H groups in total. The van der Waals surface area contributed by atoms with Crippen molar-refractivity contribution in [2.75, 3.05) is 0 Å². The van der Waals surface area contributed by atoms with Crippen molar-refractivity contribution in [3.8, 4) is 0 Å². The van der Waals surface area contributed by atoms with Crippen LogP contribution in [0.15, 0.2) is 6.07 Å². The van der Waals surface area contributed by atoms with Gasteiger partial charge in [-0.1, -0.05) is 38.7 Å². The molecule has 140 valence electrons. The van der Waals surface area contributed by atoms with Crippen LogP contribution in [0.5, 0.6) is 0 Å². The Labute approximate surface area is 152 Å². The van der Waals surface area contributed by atoms with Gasteiger partial charge in [0.15, 0.2) is 11.6 Å². The van der Waals surface area contributed by atoms with Crippen molar-refractivity contribution in [2.24, 2.45) is 23.7 Å². The van der Waals surface area contributed by atoms with E-state index in [9.17, 15) is 8.78 Å². The van der Waals surface area contributed by atoms with Crippen molar-refractivity contribution in [2.45, 2.75) is 85.0 Å². The summed E-state index contributed by atoms with van der Waals surface area (Å²) >= 11 is 0. The van der Waals surface area contributed by atoms with E-state index in [0.717, 1.165) is 29.7 Å². The fourth-order valence-electron chi connectivity index (χ4n) is 5.31. The van der Waals surface area contributed by atoms with Gasteiger partial charge in [0.05, 0.1) is 0 Å². The van der Waals surface area contributed by atoms with E-state index in [1.165, 1.54) is 51.4 Å². The molecule has 0 amide bonds. The van der Waals surface area contributed by atoms with Gasteiger partial charge >= 0.3 is 0 Å². The third-order valence-electron chi connectivity index (χ3n) is 7.13. The molecule has 0 saturated heterocycles. The van der Waals surface area contributed by atoms with Crippen LogP contribution in [0.3, 0.4) is 0 Å². The Morgan fingerprint density at radius 2 is 1.36 bits per heavy atom. The van der Waals surface area contributed by atoms with Crippen LogP contribution in [0.25, 0.3) is 0 Å². The smallest absolute Gasteiger partial charge is 0.162 e. The minimum absolute atomic E-state index is 0.418. The largest absolute Gasteiger partial charge is 0.203 e. The van der Waals surface area contributed by atoms with Crippen LogP contribution in [-0.2, 0) is 6.42 Å². The lowest BCUT2D eigenvalue weighted by molar-refractivity contribution is 0.147. The summed E-state index contributed by atoms with van der Waals surface area (Å²) in [6.07, 6.45) is 12.7. The Kier molecular flexibility index (Phi) is 6.17. The molecule has 0 nitrogen and oxygen atoms in total. The SMILES string of the molecule is Cc1cc(C)c(CCC2CCC(C3CCC(C)CC3)CC2)c(F)c1F. The standard InChI is InChI=1S/C23H34F2/c1-15-4-9-19(10-5-15)20-11-6-18(7-12-20)8-13-21-16(2)14-17(3)22(24)23(21)25/h14-15,18-20H,4-13H2,1-3H3. The highest BCUT2D eigenvalue weighted by Crippen LogP contribution is 2.42. The number of halogens is 2. The first-order valence-electron chi connectivity index (χ1n) is 10.4. The van der Waals surface area contributed by atoms with Gasteiger partial charge in [-0.15, -0.1) is 0 Å². The zero-order valence-electron chi connectivity index (χ0n) is 16.2. The van der Waals surface area contributed by atoms with Crippen molar-refractivity contribution < 1.29 is 8.78 Å². The number of rotatable bonds is 4. The van der Waals surface area contributed by atoms with Gasteiger partial charge in [-0.05, 0) is 92.7 Å². The second kappa shape index (κ2) is 8.18. The molecule has 2 saturated carbocycles. The molecule has 2 fully saturated rings. The maximum absolute atomic E-state index is 14.2. The lowest BCUT2D eigenvalue weighted by atomic mass is 9.69. The van der Waals surface area contributed by atoms with Gasteiger partial charge in [-0.2, -0.15) is 0 Å². The Morgan fingerprint density at radius 3 is 1.96 bits per heavy atom. The van der Waals surface area contributed by atoms with Gasteiger partial charge in [0, 0.05) is 0 Å². The molecule has 0 radical (unpaired) electrons. The Morgan fingerprint density at radius 1 is 0.800 bits per heavy atom. The van der Waals surface area contributed by atoms with Gasteiger partial charge in [-0.25, -0.2) is 8.78 Å². The lowest BCUT2D eigenvalue weighted by Gasteiger charge is -2.37. The van der Waals surface area contributed by atoms with Crippen LogP contribution in [0.2, 0.25) is 0 Å². The summed E-state index contributed by atoms with van der Waals surface area (Å²) in [4.78, 5) is 0. The summed E-state index contributed by atoms with van der Waals surface area (Å²) < 4.78 is 28.1. The molecule has 0 spiro atoms. The molecule has 0 aromatic heterocycles. The normalized spacial score (nSPS) is 30.4. The van der Waals surface area contributed by atoms with E-state index in [-0.39, 0.29) is 0 Å². The zero-order valence-corrected chi connectivity index (χ0v) is 16.2. The first kappa shape index (κ1) is 18.9. The molecule has 0 atom stereocenters. The molecule has 0 unspecified atom stereocenters. The monoisotopic (exact) mass is 348 g/mol. The van der Waals surface area contributed by atoms with Crippen LogP contribution >= 0.6 is 0 Å². The fraction of sp³-hybridized carbons (Fsp3) is 0.739. The van der Waals surface area contributed by atoms with E-state index in [4.69, 9.17) is 0 Å². The Bertz CT molecular complexity index is 576. The molecule has 2 heteroatoms. The zero-order chi connectivity index (χ0) is 18.0. The van der Waals surface area contributed by atoms with Gasteiger partial charge in [0.1, 0.15) is 0 Å². The second-order valence-electron chi connectivity index (χ2n) is 8.96. The first-order chi connectivity index (χ1) is 12.0. The summed E-state index contributed by atoms with van der Waals surface area (Å²) in [6.45, 7) is 5.94. The predicted molar refractivity (Wildman–Crippen MR) is 101 cm³/mol. The number of hydrogen-bond acceptors (Lipinski definition) is 0. The topological polar surface area (TPSA) is 0 Å². The maximum Gasteiger partial charge on any atom is 0.162 e. The van der Waals surface area contributed by atoms with Gasteiger partial charge in [0.2, 0.25) is 0 Å². The van der Waals surface area contributed by atoms with Gasteiger partial charge in [-0.3, -0.25) is 0 Å². The van der Waals surface area contributed by atoms with Crippen molar-refractivity contribution in [3.63, 3.8) is 0 Å². The van der Waals surface area contributed by atoms with Gasteiger partial charge < -0.3 is 0 Å². The molecule has 1 aromatic rings. The predicted octanol–water partition coefficient (Wildman–Crippen LogP) is 7.15. The fourth-order valence-corrected chi connectivity index (χ4v) is 5.31.